The third kappa shape index (κ3) is 5.48. The van der Waals surface area contributed by atoms with Gasteiger partial charge in [0, 0.05) is 18.2 Å². The van der Waals surface area contributed by atoms with E-state index in [9.17, 15) is 4.39 Å². The predicted octanol–water partition coefficient (Wildman–Crippen LogP) is 2.98. The highest BCUT2D eigenvalue weighted by molar-refractivity contribution is 6.31. The fraction of sp³-hybridized carbons (Fsp3) is 0.538. The summed E-state index contributed by atoms with van der Waals surface area (Å²) in [5, 5.41) is 12.7. The summed E-state index contributed by atoms with van der Waals surface area (Å²) in [5.74, 6) is 0.0784. The van der Waals surface area contributed by atoms with Gasteiger partial charge in [-0.1, -0.05) is 18.5 Å². The molecular weight excluding hydrogens is 241 g/mol. The van der Waals surface area contributed by atoms with E-state index in [1.54, 1.807) is 6.07 Å². The van der Waals surface area contributed by atoms with Crippen molar-refractivity contribution in [3.63, 3.8) is 0 Å². The highest BCUT2D eigenvalue weighted by atomic mass is 35.5. The van der Waals surface area contributed by atoms with Crippen LogP contribution in [-0.4, -0.2) is 18.3 Å². The Hall–Kier alpha value is -0.640. The first kappa shape index (κ1) is 14.4. The second kappa shape index (κ2) is 7.64. The molecule has 0 aromatic heterocycles. The van der Waals surface area contributed by atoms with E-state index in [1.807, 2.05) is 6.92 Å². The van der Waals surface area contributed by atoms with Gasteiger partial charge in [0.25, 0.3) is 0 Å². The number of nitrogens with one attached hydrogen (secondary N) is 1. The summed E-state index contributed by atoms with van der Waals surface area (Å²) in [5.41, 5.74) is 0.780. The van der Waals surface area contributed by atoms with Crippen molar-refractivity contribution in [2.24, 2.45) is 5.92 Å². The third-order valence-electron chi connectivity index (χ3n) is 2.69. The van der Waals surface area contributed by atoms with E-state index >= 15 is 0 Å². The van der Waals surface area contributed by atoms with Crippen molar-refractivity contribution in [1.29, 1.82) is 0 Å². The monoisotopic (exact) mass is 259 g/mol. The van der Waals surface area contributed by atoms with Crippen LogP contribution in [0.4, 0.5) is 4.39 Å². The van der Waals surface area contributed by atoms with Crippen molar-refractivity contribution < 1.29 is 9.50 Å². The second-order valence-electron chi connectivity index (χ2n) is 4.34. The molecule has 0 aliphatic rings. The molecule has 1 unspecified atom stereocenters. The molecule has 0 aliphatic carbocycles. The Morgan fingerprint density at radius 3 is 2.94 bits per heavy atom. The maximum atomic E-state index is 13.0. The minimum absolute atomic E-state index is 0.232. The number of benzene rings is 1. The lowest BCUT2D eigenvalue weighted by molar-refractivity contribution is 0.228. The minimum atomic E-state index is -0.264. The van der Waals surface area contributed by atoms with E-state index in [4.69, 9.17) is 16.7 Å². The summed E-state index contributed by atoms with van der Waals surface area (Å²) < 4.78 is 13.0. The largest absolute Gasteiger partial charge is 0.396 e. The molecule has 0 aliphatic heterocycles. The number of aliphatic hydroxyl groups excluding tert-OH is 1. The molecule has 96 valence electrons. The maximum absolute atomic E-state index is 13.0. The van der Waals surface area contributed by atoms with Crippen molar-refractivity contribution in [1.82, 2.24) is 5.32 Å². The van der Waals surface area contributed by atoms with Crippen LogP contribution in [-0.2, 0) is 6.54 Å². The summed E-state index contributed by atoms with van der Waals surface area (Å²) >= 11 is 5.94. The molecule has 1 aromatic rings. The van der Waals surface area contributed by atoms with Gasteiger partial charge < -0.3 is 10.4 Å². The molecule has 1 rings (SSSR count). The molecule has 0 amide bonds. The van der Waals surface area contributed by atoms with Gasteiger partial charge in [-0.2, -0.15) is 0 Å². The quantitative estimate of drug-likeness (QED) is 0.738. The Labute approximate surface area is 107 Å². The van der Waals surface area contributed by atoms with E-state index in [-0.39, 0.29) is 12.4 Å². The van der Waals surface area contributed by atoms with E-state index in [1.165, 1.54) is 12.1 Å². The number of hydrogen-bond donors (Lipinski definition) is 2. The summed E-state index contributed by atoms with van der Waals surface area (Å²) in [6.45, 7) is 3.67. The summed E-state index contributed by atoms with van der Waals surface area (Å²) in [7, 11) is 0. The molecule has 0 radical (unpaired) electrons. The van der Waals surface area contributed by atoms with E-state index in [0.717, 1.165) is 24.9 Å². The molecule has 17 heavy (non-hydrogen) atoms. The Morgan fingerprint density at radius 2 is 2.24 bits per heavy atom. The van der Waals surface area contributed by atoms with Crippen LogP contribution in [0.1, 0.15) is 25.3 Å². The van der Waals surface area contributed by atoms with Crippen molar-refractivity contribution >= 4 is 11.6 Å². The molecule has 2 nitrogen and oxygen atoms in total. The van der Waals surface area contributed by atoms with Gasteiger partial charge in [0.05, 0.1) is 0 Å². The van der Waals surface area contributed by atoms with Gasteiger partial charge in [-0.25, -0.2) is 4.39 Å². The van der Waals surface area contributed by atoms with E-state index in [0.29, 0.717) is 17.5 Å². The van der Waals surface area contributed by atoms with Crippen molar-refractivity contribution in [2.75, 3.05) is 13.2 Å². The molecular formula is C13H19ClFNO. The fourth-order valence-corrected chi connectivity index (χ4v) is 1.75. The highest BCUT2D eigenvalue weighted by Crippen LogP contribution is 2.16. The van der Waals surface area contributed by atoms with Gasteiger partial charge in [0.15, 0.2) is 0 Å². The number of hydrogen-bond acceptors (Lipinski definition) is 2. The van der Waals surface area contributed by atoms with Gasteiger partial charge in [-0.15, -0.1) is 0 Å². The summed E-state index contributed by atoms with van der Waals surface area (Å²) in [6, 6.07) is 4.38. The molecule has 0 fully saturated rings. The minimum Gasteiger partial charge on any atom is -0.396 e. The smallest absolute Gasteiger partial charge is 0.123 e. The Kier molecular flexibility index (Phi) is 6.48. The van der Waals surface area contributed by atoms with Crippen LogP contribution >= 0.6 is 11.6 Å². The number of rotatable bonds is 7. The average Bonchev–Trinajstić information content (AvgIpc) is 2.32. The van der Waals surface area contributed by atoms with Crippen LogP contribution in [0.15, 0.2) is 18.2 Å². The zero-order valence-electron chi connectivity index (χ0n) is 10.0. The molecule has 0 spiro atoms. The van der Waals surface area contributed by atoms with Gasteiger partial charge in [0.2, 0.25) is 0 Å². The van der Waals surface area contributed by atoms with E-state index in [2.05, 4.69) is 5.32 Å². The zero-order valence-corrected chi connectivity index (χ0v) is 10.8. The zero-order chi connectivity index (χ0) is 12.7. The third-order valence-corrected chi connectivity index (χ3v) is 3.05. The first-order valence-electron chi connectivity index (χ1n) is 5.89. The van der Waals surface area contributed by atoms with Gasteiger partial charge in [-0.05, 0) is 49.1 Å². The normalized spacial score (nSPS) is 12.7. The SMILES string of the molecule is CC(CO)CCCNCc1cc(F)ccc1Cl. The lowest BCUT2D eigenvalue weighted by Crippen LogP contribution is -2.16. The molecule has 1 aromatic carbocycles. The van der Waals surface area contributed by atoms with Crippen molar-refractivity contribution in [3.05, 3.63) is 34.6 Å². The van der Waals surface area contributed by atoms with Gasteiger partial charge in [0.1, 0.15) is 5.82 Å². The van der Waals surface area contributed by atoms with Crippen LogP contribution in [0.25, 0.3) is 0 Å². The molecule has 4 heteroatoms. The lowest BCUT2D eigenvalue weighted by atomic mass is 10.1. The molecule has 2 N–H and O–H groups in total. The molecule has 1 atom stereocenters. The Morgan fingerprint density at radius 1 is 1.47 bits per heavy atom. The van der Waals surface area contributed by atoms with Crippen LogP contribution in [0, 0.1) is 11.7 Å². The molecule has 0 bridgehead atoms. The van der Waals surface area contributed by atoms with Crippen molar-refractivity contribution in [2.45, 2.75) is 26.3 Å². The Balaban J connectivity index is 2.24. The summed E-state index contributed by atoms with van der Waals surface area (Å²) in [6.07, 6.45) is 1.98. The first-order valence-corrected chi connectivity index (χ1v) is 6.26. The topological polar surface area (TPSA) is 32.3 Å². The maximum Gasteiger partial charge on any atom is 0.123 e. The van der Waals surface area contributed by atoms with E-state index < -0.39 is 0 Å². The highest BCUT2D eigenvalue weighted by Gasteiger charge is 2.02. The lowest BCUT2D eigenvalue weighted by Gasteiger charge is -2.09. The standard InChI is InChI=1S/C13H19ClFNO/c1-10(9-17)3-2-6-16-8-11-7-12(15)4-5-13(11)14/h4-5,7,10,16-17H,2-3,6,8-9H2,1H3. The molecule has 0 heterocycles. The molecule has 0 saturated heterocycles. The van der Waals surface area contributed by atoms with Crippen LogP contribution in [0.3, 0.4) is 0 Å². The Bertz CT molecular complexity index is 346. The molecule has 0 saturated carbocycles. The number of aliphatic hydroxyl groups is 1. The predicted molar refractivity (Wildman–Crippen MR) is 68.6 cm³/mol. The number of halogens is 2. The van der Waals surface area contributed by atoms with Gasteiger partial charge >= 0.3 is 0 Å². The van der Waals surface area contributed by atoms with Gasteiger partial charge in [-0.3, -0.25) is 0 Å². The average molecular weight is 260 g/mol. The summed E-state index contributed by atoms with van der Waals surface area (Å²) in [4.78, 5) is 0. The van der Waals surface area contributed by atoms with Crippen molar-refractivity contribution in [3.8, 4) is 0 Å². The van der Waals surface area contributed by atoms with Crippen LogP contribution < -0.4 is 5.32 Å². The fourth-order valence-electron chi connectivity index (χ4n) is 1.57. The van der Waals surface area contributed by atoms with Crippen LogP contribution in [0.5, 0.6) is 0 Å². The van der Waals surface area contributed by atoms with Crippen LogP contribution in [0.2, 0.25) is 5.02 Å². The first-order chi connectivity index (χ1) is 8.13. The second-order valence-corrected chi connectivity index (χ2v) is 4.75.